The third kappa shape index (κ3) is 2.66. The van der Waals surface area contributed by atoms with Gasteiger partial charge >= 0.3 is 0 Å². The third-order valence-electron chi connectivity index (χ3n) is 3.41. The number of rotatable bonds is 3. The van der Waals surface area contributed by atoms with E-state index in [1.54, 1.807) is 0 Å². The summed E-state index contributed by atoms with van der Waals surface area (Å²) in [6.45, 7) is 8.30. The van der Waals surface area contributed by atoms with E-state index in [4.69, 9.17) is 10.2 Å². The molecule has 0 bridgehead atoms. The number of hydrogen-bond acceptors (Lipinski definition) is 3. The molecule has 1 aromatic heterocycles. The average molecular weight is 222 g/mol. The van der Waals surface area contributed by atoms with Crippen LogP contribution in [0.5, 0.6) is 0 Å². The molecule has 1 fully saturated rings. The van der Waals surface area contributed by atoms with E-state index in [1.807, 2.05) is 6.92 Å². The van der Waals surface area contributed by atoms with E-state index in [1.165, 1.54) is 31.5 Å². The molecule has 0 aromatic carbocycles. The lowest BCUT2D eigenvalue weighted by atomic mass is 10.00. The van der Waals surface area contributed by atoms with Crippen molar-refractivity contribution in [3.05, 3.63) is 23.2 Å². The molecule has 0 amide bonds. The number of hydrogen-bond donors (Lipinski definition) is 1. The molecular weight excluding hydrogens is 200 g/mol. The first-order valence-corrected chi connectivity index (χ1v) is 6.19. The normalized spacial score (nSPS) is 22.6. The molecule has 3 nitrogen and oxygen atoms in total. The maximum absolute atomic E-state index is 5.58. The van der Waals surface area contributed by atoms with Gasteiger partial charge in [-0.3, -0.25) is 4.90 Å². The molecule has 1 aromatic rings. The minimum Gasteiger partial charge on any atom is -0.465 e. The van der Waals surface area contributed by atoms with Crippen molar-refractivity contribution in [3.8, 4) is 0 Å². The molecule has 90 valence electrons. The zero-order valence-electron chi connectivity index (χ0n) is 10.3. The summed E-state index contributed by atoms with van der Waals surface area (Å²) in [5, 5.41) is 0. The number of piperidine rings is 1. The molecule has 1 atom stereocenters. The van der Waals surface area contributed by atoms with Crippen LogP contribution >= 0.6 is 0 Å². The Kier molecular flexibility index (Phi) is 3.66. The van der Waals surface area contributed by atoms with Gasteiger partial charge in [0.2, 0.25) is 0 Å². The third-order valence-corrected chi connectivity index (χ3v) is 3.41. The minimum absolute atomic E-state index is 0.497. The summed E-state index contributed by atoms with van der Waals surface area (Å²) in [6, 6.07) is 2.11. The number of likely N-dealkylation sites (tertiary alicyclic amines) is 1. The van der Waals surface area contributed by atoms with Crippen LogP contribution in [0.25, 0.3) is 0 Å². The van der Waals surface area contributed by atoms with Crippen LogP contribution in [-0.2, 0) is 13.1 Å². The zero-order valence-corrected chi connectivity index (χ0v) is 10.3. The maximum atomic E-state index is 5.58. The van der Waals surface area contributed by atoms with Crippen molar-refractivity contribution < 1.29 is 4.42 Å². The molecule has 0 spiro atoms. The maximum Gasteiger partial charge on any atom is 0.118 e. The first kappa shape index (κ1) is 11.7. The van der Waals surface area contributed by atoms with Crippen LogP contribution in [0, 0.1) is 12.8 Å². The van der Waals surface area contributed by atoms with Crippen LogP contribution < -0.4 is 5.73 Å². The van der Waals surface area contributed by atoms with Crippen LogP contribution in [0.2, 0.25) is 0 Å². The molecule has 1 saturated heterocycles. The molecule has 2 heterocycles. The van der Waals surface area contributed by atoms with E-state index in [0.29, 0.717) is 6.54 Å². The predicted octanol–water partition coefficient (Wildman–Crippen LogP) is 2.28. The molecule has 0 saturated carbocycles. The molecule has 1 aliphatic rings. The van der Waals surface area contributed by atoms with Crippen LogP contribution in [-0.4, -0.2) is 18.0 Å². The lowest BCUT2D eigenvalue weighted by molar-refractivity contribution is 0.176. The van der Waals surface area contributed by atoms with Crippen molar-refractivity contribution in [2.45, 2.75) is 39.8 Å². The lowest BCUT2D eigenvalue weighted by Gasteiger charge is -2.30. The highest BCUT2D eigenvalue weighted by Crippen LogP contribution is 2.21. The summed E-state index contributed by atoms with van der Waals surface area (Å²) >= 11 is 0. The van der Waals surface area contributed by atoms with E-state index in [0.717, 1.165) is 24.0 Å². The molecule has 1 unspecified atom stereocenters. The zero-order chi connectivity index (χ0) is 11.5. The minimum atomic E-state index is 0.497. The molecule has 3 heteroatoms. The second kappa shape index (κ2) is 5.02. The smallest absolute Gasteiger partial charge is 0.118 e. The van der Waals surface area contributed by atoms with Gasteiger partial charge < -0.3 is 10.2 Å². The highest BCUT2D eigenvalue weighted by molar-refractivity contribution is 5.20. The van der Waals surface area contributed by atoms with Crippen LogP contribution in [0.4, 0.5) is 0 Å². The molecule has 16 heavy (non-hydrogen) atoms. The topological polar surface area (TPSA) is 42.4 Å². The van der Waals surface area contributed by atoms with Gasteiger partial charge in [0.25, 0.3) is 0 Å². The number of nitrogens with two attached hydrogens (primary N) is 1. The summed E-state index contributed by atoms with van der Waals surface area (Å²) in [5.74, 6) is 2.76. The van der Waals surface area contributed by atoms with Crippen LogP contribution in [0.1, 0.15) is 36.8 Å². The van der Waals surface area contributed by atoms with Gasteiger partial charge in [0.05, 0.1) is 6.54 Å². The fraction of sp³-hybridized carbons (Fsp3) is 0.692. The van der Waals surface area contributed by atoms with E-state index in [2.05, 4.69) is 17.9 Å². The highest BCUT2D eigenvalue weighted by Gasteiger charge is 2.18. The van der Waals surface area contributed by atoms with E-state index in [-0.39, 0.29) is 0 Å². The fourth-order valence-corrected chi connectivity index (χ4v) is 2.52. The van der Waals surface area contributed by atoms with Gasteiger partial charge in [0.15, 0.2) is 0 Å². The second-order valence-electron chi connectivity index (χ2n) is 4.98. The fourth-order valence-electron chi connectivity index (χ4n) is 2.52. The van der Waals surface area contributed by atoms with Crippen molar-refractivity contribution in [1.29, 1.82) is 0 Å². The van der Waals surface area contributed by atoms with Crippen molar-refractivity contribution in [1.82, 2.24) is 4.90 Å². The van der Waals surface area contributed by atoms with Crippen molar-refractivity contribution in [3.63, 3.8) is 0 Å². The van der Waals surface area contributed by atoms with E-state index in [9.17, 15) is 0 Å². The summed E-state index contributed by atoms with van der Waals surface area (Å²) in [5.41, 5.74) is 6.88. The summed E-state index contributed by atoms with van der Waals surface area (Å²) in [7, 11) is 0. The lowest BCUT2D eigenvalue weighted by Crippen LogP contribution is -2.33. The van der Waals surface area contributed by atoms with Gasteiger partial charge in [0.1, 0.15) is 11.5 Å². The van der Waals surface area contributed by atoms with E-state index < -0.39 is 0 Å². The Hall–Kier alpha value is -0.800. The molecule has 2 rings (SSSR count). The highest BCUT2D eigenvalue weighted by atomic mass is 16.3. The Morgan fingerprint density at radius 3 is 3.00 bits per heavy atom. The van der Waals surface area contributed by atoms with Gasteiger partial charge in [-0.15, -0.1) is 0 Å². The summed E-state index contributed by atoms with van der Waals surface area (Å²) in [4.78, 5) is 2.52. The Labute approximate surface area is 97.6 Å². The van der Waals surface area contributed by atoms with Crippen LogP contribution in [0.15, 0.2) is 10.5 Å². The largest absolute Gasteiger partial charge is 0.465 e. The van der Waals surface area contributed by atoms with Crippen molar-refractivity contribution >= 4 is 0 Å². The molecular formula is C13H22N2O. The van der Waals surface area contributed by atoms with Gasteiger partial charge in [-0.1, -0.05) is 6.92 Å². The van der Waals surface area contributed by atoms with Crippen molar-refractivity contribution in [2.24, 2.45) is 11.7 Å². The van der Waals surface area contributed by atoms with Gasteiger partial charge in [-0.2, -0.15) is 0 Å². The second-order valence-corrected chi connectivity index (χ2v) is 4.98. The molecule has 0 aliphatic carbocycles. The molecule has 2 N–H and O–H groups in total. The Bertz CT molecular complexity index is 346. The quantitative estimate of drug-likeness (QED) is 0.853. The van der Waals surface area contributed by atoms with Gasteiger partial charge in [-0.05, 0) is 38.3 Å². The van der Waals surface area contributed by atoms with Crippen LogP contribution in [0.3, 0.4) is 0 Å². The molecule has 0 radical (unpaired) electrons. The number of aryl methyl sites for hydroxylation is 1. The average Bonchev–Trinajstić information content (AvgIpc) is 2.60. The van der Waals surface area contributed by atoms with Gasteiger partial charge in [-0.25, -0.2) is 0 Å². The first-order valence-electron chi connectivity index (χ1n) is 6.19. The summed E-state index contributed by atoms with van der Waals surface area (Å²) in [6.07, 6.45) is 2.69. The number of furan rings is 1. The Balaban J connectivity index is 1.99. The van der Waals surface area contributed by atoms with E-state index >= 15 is 0 Å². The molecule has 1 aliphatic heterocycles. The number of nitrogens with zero attached hydrogens (tertiary/aromatic N) is 1. The predicted molar refractivity (Wildman–Crippen MR) is 65.0 cm³/mol. The van der Waals surface area contributed by atoms with Gasteiger partial charge in [0, 0.05) is 18.7 Å². The SMILES string of the molecule is Cc1oc(CN)cc1CN1CCCC(C)C1. The standard InChI is InChI=1S/C13H22N2O/c1-10-4-3-5-15(8-10)9-12-6-13(7-14)16-11(12)2/h6,10H,3-5,7-9,14H2,1-2H3. The summed E-state index contributed by atoms with van der Waals surface area (Å²) < 4.78 is 5.58. The van der Waals surface area contributed by atoms with Crippen molar-refractivity contribution in [2.75, 3.05) is 13.1 Å². The Morgan fingerprint density at radius 2 is 2.38 bits per heavy atom. The Morgan fingerprint density at radius 1 is 1.56 bits per heavy atom. The first-order chi connectivity index (χ1) is 7.69. The monoisotopic (exact) mass is 222 g/mol.